The first-order valence-electron chi connectivity index (χ1n) is 4.11. The predicted molar refractivity (Wildman–Crippen MR) is 48.5 cm³/mol. The van der Waals surface area contributed by atoms with Gasteiger partial charge in [-0.1, -0.05) is 19.9 Å². The molecule has 0 heterocycles. The molecule has 2 nitrogen and oxygen atoms in total. The molecule has 0 spiro atoms. The fourth-order valence-corrected chi connectivity index (χ4v) is 0.704. The molecular formula is C9H19NO. The van der Waals surface area contributed by atoms with Crippen LogP contribution in [0.5, 0.6) is 0 Å². The number of allylic oxidation sites excluding steroid dienone is 1. The topological polar surface area (TPSA) is 21.3 Å². The normalized spacial score (nSPS) is 12.3. The van der Waals surface area contributed by atoms with Crippen molar-refractivity contribution in [3.63, 3.8) is 0 Å². The van der Waals surface area contributed by atoms with Crippen LogP contribution in [0.2, 0.25) is 0 Å². The number of nitrogens with one attached hydrogen (secondary N) is 1. The Morgan fingerprint density at radius 1 is 1.55 bits per heavy atom. The molecule has 2 heteroatoms. The maximum absolute atomic E-state index is 5.41. The van der Waals surface area contributed by atoms with Crippen LogP contribution in [0.4, 0.5) is 0 Å². The molecule has 0 atom stereocenters. The fourth-order valence-electron chi connectivity index (χ4n) is 0.704. The van der Waals surface area contributed by atoms with Gasteiger partial charge < -0.3 is 10.1 Å². The van der Waals surface area contributed by atoms with Crippen molar-refractivity contribution in [2.45, 2.75) is 20.8 Å². The Kier molecular flexibility index (Phi) is 5.94. The van der Waals surface area contributed by atoms with Gasteiger partial charge in [0.25, 0.3) is 0 Å². The van der Waals surface area contributed by atoms with E-state index in [1.807, 2.05) is 20.0 Å². The van der Waals surface area contributed by atoms with Crippen molar-refractivity contribution in [2.75, 3.05) is 20.3 Å². The zero-order chi connectivity index (χ0) is 8.69. The Labute approximate surface area is 69.6 Å². The number of likely N-dealkylation sites (N-methyl/N-ethyl adjacent to an activating group) is 1. The van der Waals surface area contributed by atoms with Gasteiger partial charge in [-0.15, -0.1) is 0 Å². The molecule has 11 heavy (non-hydrogen) atoms. The monoisotopic (exact) mass is 157 g/mol. The van der Waals surface area contributed by atoms with Crippen molar-refractivity contribution in [1.29, 1.82) is 0 Å². The lowest BCUT2D eigenvalue weighted by Crippen LogP contribution is -2.13. The highest BCUT2D eigenvalue weighted by Crippen LogP contribution is 1.95. The van der Waals surface area contributed by atoms with Crippen molar-refractivity contribution in [2.24, 2.45) is 5.92 Å². The average molecular weight is 157 g/mol. The summed E-state index contributed by atoms with van der Waals surface area (Å²) in [7, 11) is 1.91. The number of rotatable bonds is 5. The van der Waals surface area contributed by atoms with Crippen LogP contribution in [0, 0.1) is 5.92 Å². The lowest BCUT2D eigenvalue weighted by Gasteiger charge is -2.08. The van der Waals surface area contributed by atoms with Gasteiger partial charge in [-0.25, -0.2) is 0 Å². The molecule has 0 radical (unpaired) electrons. The Bertz CT molecular complexity index is 119. The minimum Gasteiger partial charge on any atom is -0.390 e. The first-order valence-corrected chi connectivity index (χ1v) is 4.11. The summed E-state index contributed by atoms with van der Waals surface area (Å²) in [5.74, 6) is 0.616. The van der Waals surface area contributed by atoms with Gasteiger partial charge in [-0.05, 0) is 12.8 Å². The third-order valence-corrected chi connectivity index (χ3v) is 1.38. The molecule has 0 fully saturated rings. The zero-order valence-corrected chi connectivity index (χ0v) is 7.98. The Morgan fingerprint density at radius 3 is 2.55 bits per heavy atom. The second-order valence-electron chi connectivity index (χ2n) is 2.97. The predicted octanol–water partition coefficient (Wildman–Crippen LogP) is 1.78. The van der Waals surface area contributed by atoms with E-state index in [9.17, 15) is 0 Å². The molecule has 66 valence electrons. The maximum atomic E-state index is 5.41. The first-order chi connectivity index (χ1) is 5.20. The second kappa shape index (κ2) is 6.23. The molecule has 0 saturated carbocycles. The van der Waals surface area contributed by atoms with E-state index in [-0.39, 0.29) is 0 Å². The van der Waals surface area contributed by atoms with E-state index in [1.54, 1.807) is 0 Å². The molecule has 0 amide bonds. The highest BCUT2D eigenvalue weighted by atomic mass is 16.5. The highest BCUT2D eigenvalue weighted by molar-refractivity contribution is 4.96. The quantitative estimate of drug-likeness (QED) is 0.657. The molecule has 0 aromatic carbocycles. The van der Waals surface area contributed by atoms with Gasteiger partial charge in [-0.2, -0.15) is 0 Å². The third kappa shape index (κ3) is 5.92. The van der Waals surface area contributed by atoms with Gasteiger partial charge in [0.05, 0.1) is 6.61 Å². The van der Waals surface area contributed by atoms with Gasteiger partial charge in [0.1, 0.15) is 0 Å². The standard InChI is InChI=1S/C9H19NO/c1-5-9(10-4)7-11-6-8(2)3/h5,8,10H,6-7H2,1-4H3. The molecule has 0 aliphatic carbocycles. The van der Waals surface area contributed by atoms with Crippen molar-refractivity contribution in [3.8, 4) is 0 Å². The Morgan fingerprint density at radius 2 is 2.18 bits per heavy atom. The molecule has 0 rings (SSSR count). The van der Waals surface area contributed by atoms with Crippen molar-refractivity contribution < 1.29 is 4.74 Å². The van der Waals surface area contributed by atoms with Crippen molar-refractivity contribution in [1.82, 2.24) is 5.32 Å². The molecule has 0 aliphatic rings. The number of hydrogen-bond acceptors (Lipinski definition) is 2. The summed E-state index contributed by atoms with van der Waals surface area (Å²) >= 11 is 0. The van der Waals surface area contributed by atoms with E-state index in [2.05, 4.69) is 19.2 Å². The van der Waals surface area contributed by atoms with Gasteiger partial charge in [0.15, 0.2) is 0 Å². The Hall–Kier alpha value is -0.500. The van der Waals surface area contributed by atoms with Crippen LogP contribution in [0.25, 0.3) is 0 Å². The molecular weight excluding hydrogens is 138 g/mol. The van der Waals surface area contributed by atoms with Crippen LogP contribution in [-0.2, 0) is 4.74 Å². The molecule has 0 aromatic heterocycles. The second-order valence-corrected chi connectivity index (χ2v) is 2.97. The molecule has 0 bridgehead atoms. The summed E-state index contributed by atoms with van der Waals surface area (Å²) in [6, 6.07) is 0. The van der Waals surface area contributed by atoms with Gasteiger partial charge in [0.2, 0.25) is 0 Å². The van der Waals surface area contributed by atoms with Crippen LogP contribution in [0.1, 0.15) is 20.8 Å². The molecule has 1 N–H and O–H groups in total. The van der Waals surface area contributed by atoms with Gasteiger partial charge >= 0.3 is 0 Å². The van der Waals surface area contributed by atoms with Gasteiger partial charge in [-0.3, -0.25) is 0 Å². The number of hydrogen-bond donors (Lipinski definition) is 1. The summed E-state index contributed by atoms with van der Waals surface area (Å²) in [5.41, 5.74) is 1.14. The first kappa shape index (κ1) is 10.5. The lowest BCUT2D eigenvalue weighted by atomic mass is 10.2. The van der Waals surface area contributed by atoms with E-state index in [1.165, 1.54) is 0 Å². The van der Waals surface area contributed by atoms with Crippen LogP contribution in [-0.4, -0.2) is 20.3 Å². The van der Waals surface area contributed by atoms with E-state index in [4.69, 9.17) is 4.74 Å². The fraction of sp³-hybridized carbons (Fsp3) is 0.778. The summed E-state index contributed by atoms with van der Waals surface area (Å²) in [6.45, 7) is 7.83. The number of ether oxygens (including phenoxy) is 1. The van der Waals surface area contributed by atoms with E-state index in [0.717, 1.165) is 12.3 Å². The summed E-state index contributed by atoms with van der Waals surface area (Å²) < 4.78 is 5.41. The van der Waals surface area contributed by atoms with E-state index in [0.29, 0.717) is 12.5 Å². The average Bonchev–Trinajstić information content (AvgIpc) is 1.98. The minimum atomic E-state index is 0.616. The SMILES string of the molecule is CC=C(COCC(C)C)NC. The van der Waals surface area contributed by atoms with Crippen molar-refractivity contribution in [3.05, 3.63) is 11.8 Å². The maximum Gasteiger partial charge on any atom is 0.0859 e. The van der Waals surface area contributed by atoms with Crippen LogP contribution in [0.3, 0.4) is 0 Å². The molecule has 0 saturated heterocycles. The largest absolute Gasteiger partial charge is 0.390 e. The van der Waals surface area contributed by atoms with E-state index < -0.39 is 0 Å². The third-order valence-electron chi connectivity index (χ3n) is 1.38. The van der Waals surface area contributed by atoms with Gasteiger partial charge in [0, 0.05) is 19.4 Å². The summed E-state index contributed by atoms with van der Waals surface area (Å²) in [5, 5.41) is 3.06. The molecule has 0 aliphatic heterocycles. The smallest absolute Gasteiger partial charge is 0.0859 e. The lowest BCUT2D eigenvalue weighted by molar-refractivity contribution is 0.126. The summed E-state index contributed by atoms with van der Waals surface area (Å²) in [4.78, 5) is 0. The van der Waals surface area contributed by atoms with Crippen LogP contribution >= 0.6 is 0 Å². The zero-order valence-electron chi connectivity index (χ0n) is 7.98. The summed E-state index contributed by atoms with van der Waals surface area (Å²) in [6.07, 6.45) is 2.03. The molecule has 0 unspecified atom stereocenters. The van der Waals surface area contributed by atoms with Crippen LogP contribution in [0.15, 0.2) is 11.8 Å². The Balaban J connectivity index is 3.37. The minimum absolute atomic E-state index is 0.616. The van der Waals surface area contributed by atoms with Crippen molar-refractivity contribution >= 4 is 0 Å². The van der Waals surface area contributed by atoms with E-state index >= 15 is 0 Å². The molecule has 0 aromatic rings. The van der Waals surface area contributed by atoms with Crippen LogP contribution < -0.4 is 5.32 Å². The highest BCUT2D eigenvalue weighted by Gasteiger charge is 1.95.